The lowest BCUT2D eigenvalue weighted by Crippen LogP contribution is -2.39. The third-order valence-corrected chi connectivity index (χ3v) is 5.03. The van der Waals surface area contributed by atoms with E-state index in [0.29, 0.717) is 11.5 Å². The number of para-hydroxylation sites is 1. The van der Waals surface area contributed by atoms with Gasteiger partial charge in [0.25, 0.3) is 11.5 Å². The Morgan fingerprint density at radius 2 is 1.70 bits per heavy atom. The molecule has 33 heavy (non-hydrogen) atoms. The Balaban J connectivity index is 1.56. The molecule has 0 radical (unpaired) electrons. The smallest absolute Gasteiger partial charge is 0.330 e. The van der Waals surface area contributed by atoms with Gasteiger partial charge in [0.2, 0.25) is 0 Å². The Kier molecular flexibility index (Phi) is 6.12. The molecule has 0 aliphatic heterocycles. The van der Waals surface area contributed by atoms with Gasteiger partial charge in [-0.2, -0.15) is 0 Å². The number of benzene rings is 2. The number of rotatable bonds is 7. The number of hydrogen-bond acceptors (Lipinski definition) is 6. The summed E-state index contributed by atoms with van der Waals surface area (Å²) in [6, 6.07) is 21.5. The van der Waals surface area contributed by atoms with Crippen LogP contribution in [0.1, 0.15) is 21.9 Å². The van der Waals surface area contributed by atoms with Crippen LogP contribution in [-0.4, -0.2) is 22.5 Å². The van der Waals surface area contributed by atoms with Crippen molar-refractivity contribution in [1.29, 1.82) is 0 Å². The first-order chi connectivity index (χ1) is 15.9. The largest absolute Gasteiger partial charge is 0.486 e. The van der Waals surface area contributed by atoms with Crippen LogP contribution >= 0.6 is 0 Å². The molecule has 0 saturated carbocycles. The number of furan rings is 1. The number of amides is 1. The Morgan fingerprint density at radius 3 is 2.39 bits per heavy atom. The molecule has 4 rings (SSSR count). The summed E-state index contributed by atoms with van der Waals surface area (Å²) in [6.07, 6.45) is 0. The number of anilines is 2. The summed E-state index contributed by atoms with van der Waals surface area (Å²) < 4.78 is 12.4. The fourth-order valence-corrected chi connectivity index (χ4v) is 3.33. The van der Waals surface area contributed by atoms with E-state index in [4.69, 9.17) is 14.9 Å². The van der Waals surface area contributed by atoms with Gasteiger partial charge in [0, 0.05) is 7.05 Å². The number of carbonyl (C=O) groups is 1. The molecular weight excluding hydrogens is 424 g/mol. The first kappa shape index (κ1) is 21.7. The number of aromatic nitrogens is 2. The fourth-order valence-electron chi connectivity index (χ4n) is 3.33. The van der Waals surface area contributed by atoms with Crippen LogP contribution in [0.15, 0.2) is 86.8 Å². The molecule has 0 bridgehead atoms. The number of ether oxygens (including phenoxy) is 1. The molecule has 0 aliphatic rings. The van der Waals surface area contributed by atoms with Gasteiger partial charge in [-0.3, -0.25) is 19.1 Å². The molecule has 9 heteroatoms. The molecule has 0 aliphatic carbocycles. The highest BCUT2D eigenvalue weighted by Gasteiger charge is 2.24. The predicted octanol–water partition coefficient (Wildman–Crippen LogP) is 2.62. The van der Waals surface area contributed by atoms with Crippen molar-refractivity contribution >= 4 is 17.4 Å². The maximum atomic E-state index is 13.0. The molecule has 0 atom stereocenters. The number of hydrogen-bond donors (Lipinski definition) is 2. The molecule has 0 saturated heterocycles. The maximum absolute atomic E-state index is 13.0. The van der Waals surface area contributed by atoms with Crippen LogP contribution in [0.4, 0.5) is 11.5 Å². The van der Waals surface area contributed by atoms with Crippen LogP contribution in [0.25, 0.3) is 0 Å². The van der Waals surface area contributed by atoms with Gasteiger partial charge in [-0.05, 0) is 29.8 Å². The quantitative estimate of drug-likeness (QED) is 0.450. The van der Waals surface area contributed by atoms with E-state index in [0.717, 1.165) is 10.5 Å². The van der Waals surface area contributed by atoms with Crippen LogP contribution in [0, 0.1) is 0 Å². The van der Waals surface area contributed by atoms with Crippen molar-refractivity contribution in [2.24, 2.45) is 0 Å². The Labute approximate surface area is 188 Å². The van der Waals surface area contributed by atoms with Crippen molar-refractivity contribution in [1.82, 2.24) is 9.55 Å². The predicted molar refractivity (Wildman–Crippen MR) is 123 cm³/mol. The van der Waals surface area contributed by atoms with Gasteiger partial charge in [-0.1, -0.05) is 48.5 Å². The minimum atomic E-state index is -0.767. The van der Waals surface area contributed by atoms with E-state index in [9.17, 15) is 14.4 Å². The van der Waals surface area contributed by atoms with Gasteiger partial charge in [-0.25, -0.2) is 4.79 Å². The zero-order valence-electron chi connectivity index (χ0n) is 17.9. The molecule has 4 aromatic rings. The summed E-state index contributed by atoms with van der Waals surface area (Å²) in [6.45, 7) is 0.269. The molecule has 2 aromatic carbocycles. The number of nitrogens with one attached hydrogen (secondary N) is 1. The normalized spacial score (nSPS) is 10.7. The molecular formula is C24H22N4O5. The number of H-pyrrole nitrogens is 1. The number of aromatic amines is 1. The summed E-state index contributed by atoms with van der Waals surface area (Å²) in [5.41, 5.74) is 5.40. The molecule has 0 spiro atoms. The van der Waals surface area contributed by atoms with Crippen LogP contribution < -0.4 is 26.6 Å². The zero-order valence-corrected chi connectivity index (χ0v) is 17.9. The maximum Gasteiger partial charge on any atom is 0.330 e. The van der Waals surface area contributed by atoms with Gasteiger partial charge >= 0.3 is 5.69 Å². The highest BCUT2D eigenvalue weighted by atomic mass is 16.5. The Bertz CT molecular complexity index is 1370. The Morgan fingerprint density at radius 1 is 1.03 bits per heavy atom. The number of nitrogen functional groups attached to an aromatic ring is 1. The van der Waals surface area contributed by atoms with Gasteiger partial charge in [0.1, 0.15) is 23.9 Å². The third kappa shape index (κ3) is 4.72. The van der Waals surface area contributed by atoms with Crippen molar-refractivity contribution in [3.63, 3.8) is 0 Å². The van der Waals surface area contributed by atoms with E-state index in [1.165, 1.54) is 17.7 Å². The van der Waals surface area contributed by atoms with E-state index in [1.54, 1.807) is 6.07 Å². The van der Waals surface area contributed by atoms with Crippen LogP contribution in [0.3, 0.4) is 0 Å². The SMILES string of the molecule is CN(C(=O)c1ccc(COc2ccccc2)o1)c1c(N)n(Cc2ccccc2)c(=O)[nH]c1=O. The number of nitrogens with zero attached hydrogens (tertiary/aromatic N) is 2. The summed E-state index contributed by atoms with van der Waals surface area (Å²) in [4.78, 5) is 41.2. The van der Waals surface area contributed by atoms with E-state index in [2.05, 4.69) is 4.98 Å². The first-order valence-electron chi connectivity index (χ1n) is 10.1. The van der Waals surface area contributed by atoms with Gasteiger partial charge in [-0.15, -0.1) is 0 Å². The first-order valence-corrected chi connectivity index (χ1v) is 10.1. The van der Waals surface area contributed by atoms with Gasteiger partial charge in [0.15, 0.2) is 11.4 Å². The second-order valence-corrected chi connectivity index (χ2v) is 7.30. The summed E-state index contributed by atoms with van der Waals surface area (Å²) >= 11 is 0. The van der Waals surface area contributed by atoms with Gasteiger partial charge < -0.3 is 19.8 Å². The Hall–Kier alpha value is -4.53. The summed E-state index contributed by atoms with van der Waals surface area (Å²) in [5, 5.41) is 0. The lowest BCUT2D eigenvalue weighted by Gasteiger charge is -2.19. The second-order valence-electron chi connectivity index (χ2n) is 7.30. The molecule has 168 valence electrons. The van der Waals surface area contributed by atoms with Crippen LogP contribution in [0.5, 0.6) is 5.75 Å². The second kappa shape index (κ2) is 9.31. The lowest BCUT2D eigenvalue weighted by molar-refractivity contribution is 0.0962. The third-order valence-electron chi connectivity index (χ3n) is 5.03. The average Bonchev–Trinajstić information content (AvgIpc) is 3.30. The fraction of sp³-hybridized carbons (Fsp3) is 0.125. The van der Waals surface area contributed by atoms with Crippen molar-refractivity contribution in [3.8, 4) is 5.75 Å². The monoisotopic (exact) mass is 446 g/mol. The van der Waals surface area contributed by atoms with Crippen molar-refractivity contribution in [2.45, 2.75) is 13.2 Å². The average molecular weight is 446 g/mol. The minimum Gasteiger partial charge on any atom is -0.486 e. The number of carbonyl (C=O) groups excluding carboxylic acids is 1. The van der Waals surface area contributed by atoms with E-state index >= 15 is 0 Å². The van der Waals surface area contributed by atoms with E-state index in [-0.39, 0.29) is 30.4 Å². The van der Waals surface area contributed by atoms with Crippen molar-refractivity contribution < 1.29 is 13.9 Å². The summed E-state index contributed by atoms with van der Waals surface area (Å²) in [5.74, 6) is 0.389. The van der Waals surface area contributed by atoms with Crippen LogP contribution in [0.2, 0.25) is 0 Å². The zero-order chi connectivity index (χ0) is 23.4. The van der Waals surface area contributed by atoms with Crippen molar-refractivity contribution in [2.75, 3.05) is 17.7 Å². The minimum absolute atomic E-state index is 0.00349. The molecule has 2 heterocycles. The van der Waals surface area contributed by atoms with Crippen LogP contribution in [-0.2, 0) is 13.2 Å². The highest BCUT2D eigenvalue weighted by Crippen LogP contribution is 2.20. The molecule has 0 unspecified atom stereocenters. The molecule has 2 aromatic heterocycles. The standard InChI is InChI=1S/C24H22N4O5/c1-27(23(30)19-13-12-18(33-19)15-32-17-10-6-3-7-11-17)20-21(25)28(24(31)26-22(20)29)14-16-8-4-2-5-9-16/h2-13H,14-15,25H2,1H3,(H,26,29,31). The van der Waals surface area contributed by atoms with Crippen molar-refractivity contribution in [3.05, 3.63) is 111 Å². The number of nitrogens with two attached hydrogens (primary N) is 1. The van der Waals surface area contributed by atoms with Gasteiger partial charge in [0.05, 0.1) is 6.54 Å². The van der Waals surface area contributed by atoms with E-state index in [1.807, 2.05) is 60.7 Å². The molecule has 0 fully saturated rings. The molecule has 3 N–H and O–H groups in total. The summed E-state index contributed by atoms with van der Waals surface area (Å²) in [7, 11) is 1.39. The molecule has 1 amide bonds. The van der Waals surface area contributed by atoms with E-state index < -0.39 is 17.2 Å². The molecule has 9 nitrogen and oxygen atoms in total. The highest BCUT2D eigenvalue weighted by molar-refractivity contribution is 6.05. The topological polar surface area (TPSA) is 124 Å². The lowest BCUT2D eigenvalue weighted by atomic mass is 10.2.